The number of rotatable bonds is 7. The van der Waals surface area contributed by atoms with Gasteiger partial charge in [-0.05, 0) is 12.8 Å². The second-order valence-corrected chi connectivity index (χ2v) is 4.40. The first kappa shape index (κ1) is 17.7. The number of aryl methyl sites for hydroxylation is 1. The maximum absolute atomic E-state index is 12.0. The number of alkyl halides is 3. The lowest BCUT2D eigenvalue weighted by atomic mass is 10.2. The molecule has 0 spiro atoms. The van der Waals surface area contributed by atoms with Gasteiger partial charge in [0.25, 0.3) is 0 Å². The van der Waals surface area contributed by atoms with Crippen LogP contribution in [0.4, 0.5) is 19.1 Å². The minimum absolute atomic E-state index is 0.0328. The van der Waals surface area contributed by atoms with E-state index in [1.54, 1.807) is 7.05 Å². The van der Waals surface area contributed by atoms with Crippen molar-refractivity contribution in [2.45, 2.75) is 32.0 Å². The topological polar surface area (TPSA) is 110 Å². The van der Waals surface area contributed by atoms with Gasteiger partial charge < -0.3 is 11.1 Å². The fraction of sp³-hybridized carbons (Fsp3) is 0.636. The number of anilines is 1. The highest BCUT2D eigenvalue weighted by Gasteiger charge is 2.26. The Balaban J connectivity index is 2.36. The van der Waals surface area contributed by atoms with Crippen molar-refractivity contribution >= 4 is 17.8 Å². The van der Waals surface area contributed by atoms with E-state index < -0.39 is 18.7 Å². The van der Waals surface area contributed by atoms with Crippen molar-refractivity contribution in [1.29, 1.82) is 0 Å². The number of halogens is 3. The smallest absolute Gasteiger partial charge is 0.370 e. The molecule has 8 nitrogen and oxygen atoms in total. The third kappa shape index (κ3) is 7.45. The van der Waals surface area contributed by atoms with Crippen LogP contribution in [0.3, 0.4) is 0 Å². The molecule has 0 aliphatic heterocycles. The first-order valence-electron chi connectivity index (χ1n) is 6.54. The number of hydrogen-bond donors (Lipinski definition) is 3. The van der Waals surface area contributed by atoms with Crippen molar-refractivity contribution in [3.63, 3.8) is 0 Å². The molecule has 0 atom stereocenters. The number of amides is 1. The van der Waals surface area contributed by atoms with Gasteiger partial charge >= 0.3 is 6.18 Å². The third-order valence-corrected chi connectivity index (χ3v) is 2.52. The molecule has 22 heavy (non-hydrogen) atoms. The minimum atomic E-state index is -4.41. The molecule has 124 valence electrons. The van der Waals surface area contributed by atoms with E-state index in [1.165, 1.54) is 11.0 Å². The van der Waals surface area contributed by atoms with Gasteiger partial charge in [0, 0.05) is 20.0 Å². The first-order chi connectivity index (χ1) is 10.3. The molecular formula is C11H18F3N7O. The van der Waals surface area contributed by atoms with Gasteiger partial charge in [-0.3, -0.25) is 14.8 Å². The van der Waals surface area contributed by atoms with Gasteiger partial charge in [0.2, 0.25) is 11.9 Å². The van der Waals surface area contributed by atoms with Crippen molar-refractivity contribution < 1.29 is 18.0 Å². The van der Waals surface area contributed by atoms with Gasteiger partial charge in [0.1, 0.15) is 12.9 Å². The van der Waals surface area contributed by atoms with Crippen molar-refractivity contribution in [3.8, 4) is 0 Å². The summed E-state index contributed by atoms with van der Waals surface area (Å²) >= 11 is 0. The van der Waals surface area contributed by atoms with Crippen LogP contribution in [0.1, 0.15) is 19.3 Å². The van der Waals surface area contributed by atoms with E-state index in [1.807, 2.05) is 0 Å². The van der Waals surface area contributed by atoms with Crippen LogP contribution in [0.25, 0.3) is 0 Å². The predicted molar refractivity (Wildman–Crippen MR) is 74.1 cm³/mol. The highest BCUT2D eigenvalue weighted by molar-refractivity contribution is 5.90. The molecule has 0 aliphatic rings. The van der Waals surface area contributed by atoms with Gasteiger partial charge in [0.15, 0.2) is 5.96 Å². The number of nitrogens with one attached hydrogen (secondary N) is 2. The average Bonchev–Trinajstić information content (AvgIpc) is 2.88. The zero-order valence-electron chi connectivity index (χ0n) is 12.0. The highest BCUT2D eigenvalue weighted by atomic mass is 19.4. The minimum Gasteiger partial charge on any atom is -0.370 e. The van der Waals surface area contributed by atoms with Crippen LogP contribution in [0.2, 0.25) is 0 Å². The first-order valence-corrected chi connectivity index (χ1v) is 6.54. The van der Waals surface area contributed by atoms with E-state index in [4.69, 9.17) is 5.73 Å². The van der Waals surface area contributed by atoms with E-state index >= 15 is 0 Å². The van der Waals surface area contributed by atoms with Gasteiger partial charge in [-0.15, -0.1) is 5.10 Å². The summed E-state index contributed by atoms with van der Waals surface area (Å²) < 4.78 is 37.4. The zero-order chi connectivity index (χ0) is 16.6. The Morgan fingerprint density at radius 3 is 2.82 bits per heavy atom. The summed E-state index contributed by atoms with van der Waals surface area (Å²) in [6.07, 6.45) is -1.16. The van der Waals surface area contributed by atoms with E-state index in [-0.39, 0.29) is 11.9 Å². The number of nitrogens with zero attached hydrogens (tertiary/aromatic N) is 4. The molecule has 4 N–H and O–H groups in total. The SMILES string of the molecule is CNC(=O)CCCCn1cnc(NC(N)=NCC(F)(F)F)n1. The number of carbonyl (C=O) groups is 1. The van der Waals surface area contributed by atoms with E-state index in [9.17, 15) is 18.0 Å². The Morgan fingerprint density at radius 2 is 2.18 bits per heavy atom. The molecule has 0 unspecified atom stereocenters. The normalized spacial score (nSPS) is 12.3. The lowest BCUT2D eigenvalue weighted by Crippen LogP contribution is -2.26. The average molecular weight is 321 g/mol. The predicted octanol–water partition coefficient (Wildman–Crippen LogP) is 0.483. The second-order valence-electron chi connectivity index (χ2n) is 4.40. The molecule has 1 aromatic rings. The number of aromatic nitrogens is 3. The van der Waals surface area contributed by atoms with Gasteiger partial charge in [-0.2, -0.15) is 13.2 Å². The summed E-state index contributed by atoms with van der Waals surface area (Å²) in [4.78, 5) is 18.0. The molecule has 1 amide bonds. The highest BCUT2D eigenvalue weighted by Crippen LogP contribution is 2.14. The summed E-state index contributed by atoms with van der Waals surface area (Å²) in [7, 11) is 1.57. The number of nitrogens with two attached hydrogens (primary N) is 1. The molecule has 0 saturated heterocycles. The van der Waals surface area contributed by atoms with Crippen LogP contribution in [0.15, 0.2) is 11.3 Å². The number of carbonyl (C=O) groups excluding carboxylic acids is 1. The maximum atomic E-state index is 12.0. The summed E-state index contributed by atoms with van der Waals surface area (Å²) in [6, 6.07) is 0. The molecular weight excluding hydrogens is 303 g/mol. The molecule has 0 aliphatic carbocycles. The monoisotopic (exact) mass is 321 g/mol. The lowest BCUT2D eigenvalue weighted by molar-refractivity contribution is -0.121. The van der Waals surface area contributed by atoms with E-state index in [0.29, 0.717) is 25.8 Å². The molecule has 1 heterocycles. The Hall–Kier alpha value is -2.33. The van der Waals surface area contributed by atoms with Crippen LogP contribution in [0, 0.1) is 0 Å². The molecule has 11 heteroatoms. The molecule has 0 saturated carbocycles. The number of unbranched alkanes of at least 4 members (excludes halogenated alkanes) is 1. The van der Waals surface area contributed by atoms with Gasteiger partial charge in [-0.1, -0.05) is 0 Å². The maximum Gasteiger partial charge on any atom is 0.408 e. The quantitative estimate of drug-likeness (QED) is 0.384. The summed E-state index contributed by atoms with van der Waals surface area (Å²) in [5, 5.41) is 8.88. The fourth-order valence-corrected chi connectivity index (χ4v) is 1.47. The molecule has 0 radical (unpaired) electrons. The molecule has 1 rings (SSSR count). The largest absolute Gasteiger partial charge is 0.408 e. The number of guanidine groups is 1. The van der Waals surface area contributed by atoms with Crippen molar-refractivity contribution in [2.24, 2.45) is 10.7 Å². The van der Waals surface area contributed by atoms with Gasteiger partial charge in [-0.25, -0.2) is 9.98 Å². The summed E-state index contributed by atoms with van der Waals surface area (Å²) in [5.41, 5.74) is 5.30. The van der Waals surface area contributed by atoms with Crippen LogP contribution in [-0.4, -0.2) is 46.4 Å². The standard InChI is InChI=1S/C11H18F3N7O/c1-16-8(22)4-2-3-5-21-7-18-10(20-21)19-9(15)17-6-11(12,13)14/h7H,2-6H2,1H3,(H,16,22)(H3,15,17,19,20). The summed E-state index contributed by atoms with van der Waals surface area (Å²) in [6.45, 7) is -0.836. The van der Waals surface area contributed by atoms with E-state index in [2.05, 4.69) is 25.7 Å². The Kier molecular flexibility index (Phi) is 6.60. The van der Waals surface area contributed by atoms with Crippen LogP contribution in [0.5, 0.6) is 0 Å². The Morgan fingerprint density at radius 1 is 1.45 bits per heavy atom. The number of aliphatic imine (C=N–C) groups is 1. The molecule has 0 bridgehead atoms. The Bertz CT molecular complexity index is 512. The van der Waals surface area contributed by atoms with Crippen molar-refractivity contribution in [2.75, 3.05) is 18.9 Å². The third-order valence-electron chi connectivity index (χ3n) is 2.52. The molecule has 0 fully saturated rings. The summed E-state index contributed by atoms with van der Waals surface area (Å²) in [5.74, 6) is -0.376. The van der Waals surface area contributed by atoms with Crippen LogP contribution >= 0.6 is 0 Å². The lowest BCUT2D eigenvalue weighted by Gasteiger charge is -2.04. The van der Waals surface area contributed by atoms with Crippen LogP contribution in [-0.2, 0) is 11.3 Å². The fourth-order valence-electron chi connectivity index (χ4n) is 1.47. The molecule has 1 aromatic heterocycles. The van der Waals surface area contributed by atoms with Crippen molar-refractivity contribution in [3.05, 3.63) is 6.33 Å². The van der Waals surface area contributed by atoms with Gasteiger partial charge in [0.05, 0.1) is 0 Å². The second kappa shape index (κ2) is 8.20. The zero-order valence-corrected chi connectivity index (χ0v) is 12.0. The van der Waals surface area contributed by atoms with Crippen molar-refractivity contribution in [1.82, 2.24) is 20.1 Å². The van der Waals surface area contributed by atoms with E-state index in [0.717, 1.165) is 0 Å². The van der Waals surface area contributed by atoms with Crippen LogP contribution < -0.4 is 16.4 Å². The number of hydrogen-bond acceptors (Lipinski definition) is 4. The molecule has 0 aromatic carbocycles. The Labute approximate surface area is 125 Å².